The Balaban J connectivity index is 1.96. The van der Waals surface area contributed by atoms with Crippen molar-refractivity contribution in [3.63, 3.8) is 0 Å². The molecule has 0 aliphatic heterocycles. The summed E-state index contributed by atoms with van der Waals surface area (Å²) in [6.45, 7) is 2.37. The Bertz CT molecular complexity index is 429. The number of halogens is 2. The molecule has 1 aromatic rings. The fraction of sp³-hybridized carbons (Fsp3) is 0.462. The zero-order chi connectivity index (χ0) is 12.4. The van der Waals surface area contributed by atoms with Crippen LogP contribution in [0.3, 0.4) is 0 Å². The van der Waals surface area contributed by atoms with Gasteiger partial charge in [0.15, 0.2) is 0 Å². The molecular formula is C13H15Cl2NO. The maximum absolute atomic E-state index is 11.9. The van der Waals surface area contributed by atoms with Gasteiger partial charge in [-0.2, -0.15) is 0 Å². The number of hydrogen-bond donors (Lipinski definition) is 1. The van der Waals surface area contributed by atoms with Gasteiger partial charge in [0.05, 0.1) is 5.38 Å². The molecule has 4 heteroatoms. The van der Waals surface area contributed by atoms with Crippen LogP contribution in [0.4, 0.5) is 0 Å². The molecule has 0 heterocycles. The van der Waals surface area contributed by atoms with Crippen LogP contribution in [0.25, 0.3) is 0 Å². The summed E-state index contributed by atoms with van der Waals surface area (Å²) in [6.07, 6.45) is 2.36. The zero-order valence-corrected chi connectivity index (χ0v) is 11.2. The lowest BCUT2D eigenvalue weighted by Crippen LogP contribution is -2.31. The molecule has 0 aromatic heterocycles. The second kappa shape index (κ2) is 5.28. The molecule has 0 saturated heterocycles. The highest BCUT2D eigenvalue weighted by Gasteiger charge is 2.29. The maximum atomic E-state index is 11.9. The second-order valence-electron chi connectivity index (χ2n) is 4.48. The normalized spacial score (nSPS) is 16.6. The summed E-state index contributed by atoms with van der Waals surface area (Å²) >= 11 is 12.1. The second-order valence-corrected chi connectivity index (χ2v) is 5.44. The fourth-order valence-electron chi connectivity index (χ4n) is 1.76. The Hall–Kier alpha value is -0.730. The van der Waals surface area contributed by atoms with Crippen LogP contribution in [0, 0.1) is 12.8 Å². The third kappa shape index (κ3) is 3.14. The van der Waals surface area contributed by atoms with Gasteiger partial charge in [-0.15, -0.1) is 11.6 Å². The van der Waals surface area contributed by atoms with Gasteiger partial charge >= 0.3 is 0 Å². The largest absolute Gasteiger partial charge is 0.351 e. The molecule has 1 atom stereocenters. The summed E-state index contributed by atoms with van der Waals surface area (Å²) in [5.74, 6) is 0.480. The van der Waals surface area contributed by atoms with Gasteiger partial charge in [0.1, 0.15) is 0 Å². The molecule has 0 bridgehead atoms. The minimum absolute atomic E-state index is 0.0541. The predicted molar refractivity (Wildman–Crippen MR) is 70.9 cm³/mol. The first-order chi connectivity index (χ1) is 8.09. The number of benzene rings is 1. The minimum atomic E-state index is -0.101. The molecule has 2 rings (SSSR count). The summed E-state index contributed by atoms with van der Waals surface area (Å²) in [4.78, 5) is 11.9. The highest BCUT2D eigenvalue weighted by Crippen LogP contribution is 2.35. The summed E-state index contributed by atoms with van der Waals surface area (Å²) in [5.41, 5.74) is 1.43. The summed E-state index contributed by atoms with van der Waals surface area (Å²) in [5, 5.41) is 3.53. The molecule has 92 valence electrons. The topological polar surface area (TPSA) is 29.1 Å². The SMILES string of the molecule is Cc1c(Cl)cccc1C(=O)NCC(Cl)C1CC1. The molecule has 17 heavy (non-hydrogen) atoms. The van der Waals surface area contributed by atoms with Crippen molar-refractivity contribution in [1.82, 2.24) is 5.32 Å². The monoisotopic (exact) mass is 271 g/mol. The number of alkyl halides is 1. The molecule has 1 aliphatic rings. The standard InChI is InChI=1S/C13H15Cl2NO/c1-8-10(3-2-4-11(8)14)13(17)16-7-12(15)9-5-6-9/h2-4,9,12H,5-7H2,1H3,(H,16,17). The Morgan fingerprint density at radius 2 is 2.24 bits per heavy atom. The first kappa shape index (κ1) is 12.7. The van der Waals surface area contributed by atoms with Crippen LogP contribution in [0.5, 0.6) is 0 Å². The number of hydrogen-bond acceptors (Lipinski definition) is 1. The molecule has 1 unspecified atom stereocenters. The molecule has 1 N–H and O–H groups in total. The van der Waals surface area contributed by atoms with E-state index >= 15 is 0 Å². The summed E-state index contributed by atoms with van der Waals surface area (Å²) in [7, 11) is 0. The molecule has 0 spiro atoms. The smallest absolute Gasteiger partial charge is 0.251 e. The van der Waals surface area contributed by atoms with Crippen LogP contribution < -0.4 is 5.32 Å². The van der Waals surface area contributed by atoms with Crippen molar-refractivity contribution in [3.05, 3.63) is 34.3 Å². The first-order valence-electron chi connectivity index (χ1n) is 5.77. The van der Waals surface area contributed by atoms with E-state index in [1.165, 1.54) is 12.8 Å². The third-order valence-corrected chi connectivity index (χ3v) is 4.02. The van der Waals surface area contributed by atoms with E-state index in [2.05, 4.69) is 5.32 Å². The molecule has 1 aliphatic carbocycles. The molecule has 1 saturated carbocycles. The average molecular weight is 272 g/mol. The van der Waals surface area contributed by atoms with Gasteiger partial charge in [-0.1, -0.05) is 17.7 Å². The Kier molecular flexibility index (Phi) is 3.95. The Morgan fingerprint density at radius 1 is 1.53 bits per heavy atom. The van der Waals surface area contributed by atoms with Gasteiger partial charge in [-0.25, -0.2) is 0 Å². The lowest BCUT2D eigenvalue weighted by atomic mass is 10.1. The first-order valence-corrected chi connectivity index (χ1v) is 6.58. The van der Waals surface area contributed by atoms with Crippen LogP contribution in [-0.2, 0) is 0 Å². The Morgan fingerprint density at radius 3 is 2.88 bits per heavy atom. The zero-order valence-electron chi connectivity index (χ0n) is 9.67. The van der Waals surface area contributed by atoms with Gasteiger partial charge in [-0.05, 0) is 43.4 Å². The van der Waals surface area contributed by atoms with Gasteiger partial charge in [0.25, 0.3) is 5.91 Å². The lowest BCUT2D eigenvalue weighted by molar-refractivity contribution is 0.0952. The fourth-order valence-corrected chi connectivity index (χ4v) is 2.27. The highest BCUT2D eigenvalue weighted by atomic mass is 35.5. The Labute approximate surface area is 111 Å². The highest BCUT2D eigenvalue weighted by molar-refractivity contribution is 6.31. The number of carbonyl (C=O) groups is 1. The van der Waals surface area contributed by atoms with Crippen molar-refractivity contribution in [1.29, 1.82) is 0 Å². The molecule has 1 fully saturated rings. The van der Waals surface area contributed by atoms with E-state index < -0.39 is 0 Å². The van der Waals surface area contributed by atoms with Gasteiger partial charge in [0.2, 0.25) is 0 Å². The number of rotatable bonds is 4. The van der Waals surface area contributed by atoms with Gasteiger partial charge in [0, 0.05) is 17.1 Å². The number of amides is 1. The molecular weight excluding hydrogens is 257 g/mol. The van der Waals surface area contributed by atoms with Crippen molar-refractivity contribution in [2.75, 3.05) is 6.54 Å². The summed E-state index contributed by atoms with van der Waals surface area (Å²) < 4.78 is 0. The van der Waals surface area contributed by atoms with Crippen molar-refractivity contribution in [2.24, 2.45) is 5.92 Å². The number of nitrogens with one attached hydrogen (secondary N) is 1. The van der Waals surface area contributed by atoms with Crippen LogP contribution in [0.2, 0.25) is 5.02 Å². The van der Waals surface area contributed by atoms with E-state index in [0.29, 0.717) is 23.0 Å². The van der Waals surface area contributed by atoms with Crippen LogP contribution in [0.1, 0.15) is 28.8 Å². The molecule has 1 aromatic carbocycles. The third-order valence-electron chi connectivity index (χ3n) is 3.10. The van der Waals surface area contributed by atoms with Crippen molar-refractivity contribution in [3.8, 4) is 0 Å². The van der Waals surface area contributed by atoms with Crippen molar-refractivity contribution < 1.29 is 4.79 Å². The van der Waals surface area contributed by atoms with E-state index in [1.54, 1.807) is 18.2 Å². The molecule has 1 amide bonds. The van der Waals surface area contributed by atoms with Crippen LogP contribution in [0.15, 0.2) is 18.2 Å². The van der Waals surface area contributed by atoms with E-state index in [9.17, 15) is 4.79 Å². The van der Waals surface area contributed by atoms with Crippen molar-refractivity contribution >= 4 is 29.1 Å². The minimum Gasteiger partial charge on any atom is -0.351 e. The van der Waals surface area contributed by atoms with E-state index in [4.69, 9.17) is 23.2 Å². The van der Waals surface area contributed by atoms with E-state index in [-0.39, 0.29) is 11.3 Å². The van der Waals surface area contributed by atoms with Gasteiger partial charge < -0.3 is 5.32 Å². The van der Waals surface area contributed by atoms with Gasteiger partial charge in [-0.3, -0.25) is 4.79 Å². The average Bonchev–Trinajstić information content (AvgIpc) is 3.13. The lowest BCUT2D eigenvalue weighted by Gasteiger charge is -2.11. The predicted octanol–water partition coefficient (Wildman–Crippen LogP) is 3.40. The van der Waals surface area contributed by atoms with Crippen molar-refractivity contribution in [2.45, 2.75) is 25.1 Å². The molecule has 2 nitrogen and oxygen atoms in total. The van der Waals surface area contributed by atoms with Crippen LogP contribution in [-0.4, -0.2) is 17.8 Å². The quantitative estimate of drug-likeness (QED) is 0.836. The molecule has 0 radical (unpaired) electrons. The number of carbonyl (C=O) groups excluding carboxylic acids is 1. The maximum Gasteiger partial charge on any atom is 0.251 e. The summed E-state index contributed by atoms with van der Waals surface area (Å²) in [6, 6.07) is 5.34. The van der Waals surface area contributed by atoms with E-state index in [0.717, 1.165) is 5.56 Å². The van der Waals surface area contributed by atoms with Crippen LogP contribution >= 0.6 is 23.2 Å². The van der Waals surface area contributed by atoms with E-state index in [1.807, 2.05) is 6.92 Å².